The van der Waals surface area contributed by atoms with Gasteiger partial charge >= 0.3 is 5.97 Å². The summed E-state index contributed by atoms with van der Waals surface area (Å²) in [5.74, 6) is -0.235. The molecule has 1 unspecified atom stereocenters. The molecule has 0 amide bonds. The molecule has 0 heterocycles. The number of carboxylic acids is 1. The highest BCUT2D eigenvalue weighted by Gasteiger charge is 2.04. The average molecular weight is 249 g/mol. The van der Waals surface area contributed by atoms with Crippen molar-refractivity contribution in [2.45, 2.75) is 39.7 Å². The van der Waals surface area contributed by atoms with Gasteiger partial charge in [0.2, 0.25) is 0 Å². The molecule has 1 aromatic carbocycles. The van der Waals surface area contributed by atoms with Crippen molar-refractivity contribution in [2.24, 2.45) is 5.92 Å². The summed E-state index contributed by atoms with van der Waals surface area (Å²) in [7, 11) is 0. The van der Waals surface area contributed by atoms with E-state index in [1.165, 1.54) is 11.1 Å². The van der Waals surface area contributed by atoms with Crippen molar-refractivity contribution >= 4 is 5.97 Å². The second-order valence-corrected chi connectivity index (χ2v) is 4.99. The molecule has 0 saturated carbocycles. The van der Waals surface area contributed by atoms with Crippen LogP contribution in [0.4, 0.5) is 0 Å². The molecular weight excluding hydrogens is 226 g/mol. The van der Waals surface area contributed by atoms with Gasteiger partial charge in [-0.25, -0.2) is 0 Å². The number of carboxylic acid groups (broad SMARTS) is 1. The van der Waals surface area contributed by atoms with Crippen molar-refractivity contribution in [3.8, 4) is 0 Å². The predicted octanol–water partition coefficient (Wildman–Crippen LogP) is 2.98. The first-order valence-electron chi connectivity index (χ1n) is 6.56. The van der Waals surface area contributed by atoms with Crippen LogP contribution in [0, 0.1) is 12.8 Å². The molecule has 0 aliphatic heterocycles. The van der Waals surface area contributed by atoms with Gasteiger partial charge in [-0.1, -0.05) is 36.8 Å². The predicted molar refractivity (Wildman–Crippen MR) is 73.5 cm³/mol. The van der Waals surface area contributed by atoms with Crippen molar-refractivity contribution in [1.29, 1.82) is 0 Å². The standard InChI is InChI=1S/C15H23NO2/c1-12-3-6-14(7-4-12)11-16-10-9-13(2)5-8-15(17)18/h3-4,6-7,13,16H,5,8-11H2,1-2H3,(H,17,18). The first-order chi connectivity index (χ1) is 8.58. The summed E-state index contributed by atoms with van der Waals surface area (Å²) in [5, 5.41) is 12.0. The summed E-state index contributed by atoms with van der Waals surface area (Å²) in [4.78, 5) is 10.4. The summed E-state index contributed by atoms with van der Waals surface area (Å²) in [6.45, 7) is 6.01. The fourth-order valence-electron chi connectivity index (χ4n) is 1.80. The van der Waals surface area contributed by atoms with Crippen LogP contribution in [0.25, 0.3) is 0 Å². The molecule has 0 aromatic heterocycles. The number of hydrogen-bond acceptors (Lipinski definition) is 2. The van der Waals surface area contributed by atoms with E-state index in [1.807, 2.05) is 0 Å². The first kappa shape index (κ1) is 14.7. The molecule has 1 aromatic rings. The number of aliphatic carboxylic acids is 1. The van der Waals surface area contributed by atoms with Gasteiger partial charge in [-0.3, -0.25) is 4.79 Å². The van der Waals surface area contributed by atoms with E-state index in [1.54, 1.807) is 0 Å². The van der Waals surface area contributed by atoms with E-state index in [0.717, 1.165) is 25.9 Å². The highest BCUT2D eigenvalue weighted by atomic mass is 16.4. The van der Waals surface area contributed by atoms with Gasteiger partial charge in [0.05, 0.1) is 0 Å². The molecule has 0 fully saturated rings. The molecule has 100 valence electrons. The van der Waals surface area contributed by atoms with Crippen LogP contribution in [0.3, 0.4) is 0 Å². The minimum Gasteiger partial charge on any atom is -0.481 e. The lowest BCUT2D eigenvalue weighted by atomic mass is 10.0. The van der Waals surface area contributed by atoms with Crippen LogP contribution in [0.2, 0.25) is 0 Å². The molecule has 2 N–H and O–H groups in total. The van der Waals surface area contributed by atoms with Crippen LogP contribution in [-0.4, -0.2) is 17.6 Å². The number of rotatable bonds is 8. The number of nitrogens with one attached hydrogen (secondary N) is 1. The van der Waals surface area contributed by atoms with Crippen LogP contribution in [0.1, 0.15) is 37.3 Å². The van der Waals surface area contributed by atoms with Crippen molar-refractivity contribution < 1.29 is 9.90 Å². The maximum atomic E-state index is 10.4. The van der Waals surface area contributed by atoms with Crippen LogP contribution in [-0.2, 0) is 11.3 Å². The van der Waals surface area contributed by atoms with E-state index >= 15 is 0 Å². The Morgan fingerprint density at radius 2 is 1.94 bits per heavy atom. The number of hydrogen-bond donors (Lipinski definition) is 2. The SMILES string of the molecule is Cc1ccc(CNCCC(C)CCC(=O)O)cc1. The second kappa shape index (κ2) is 7.88. The largest absolute Gasteiger partial charge is 0.481 e. The average Bonchev–Trinajstić information content (AvgIpc) is 2.34. The molecule has 0 radical (unpaired) electrons. The smallest absolute Gasteiger partial charge is 0.303 e. The third kappa shape index (κ3) is 6.40. The van der Waals surface area contributed by atoms with Gasteiger partial charge in [-0.15, -0.1) is 0 Å². The quantitative estimate of drug-likeness (QED) is 0.696. The van der Waals surface area contributed by atoms with Gasteiger partial charge in [0, 0.05) is 13.0 Å². The topological polar surface area (TPSA) is 49.3 Å². The molecule has 0 spiro atoms. The van der Waals surface area contributed by atoms with E-state index in [-0.39, 0.29) is 6.42 Å². The molecule has 3 heteroatoms. The zero-order valence-electron chi connectivity index (χ0n) is 11.3. The summed E-state index contributed by atoms with van der Waals surface area (Å²) in [6.07, 6.45) is 2.07. The van der Waals surface area contributed by atoms with Gasteiger partial charge in [-0.2, -0.15) is 0 Å². The Bertz CT molecular complexity index is 359. The van der Waals surface area contributed by atoms with Crippen molar-refractivity contribution in [3.63, 3.8) is 0 Å². The molecule has 0 aliphatic carbocycles. The highest BCUT2D eigenvalue weighted by molar-refractivity contribution is 5.66. The van der Waals surface area contributed by atoms with Crippen LogP contribution in [0.15, 0.2) is 24.3 Å². The van der Waals surface area contributed by atoms with Crippen LogP contribution in [0.5, 0.6) is 0 Å². The van der Waals surface area contributed by atoms with Gasteiger partial charge in [0.25, 0.3) is 0 Å². The molecule has 1 atom stereocenters. The lowest BCUT2D eigenvalue weighted by molar-refractivity contribution is -0.137. The molecule has 0 bridgehead atoms. The maximum absolute atomic E-state index is 10.4. The Morgan fingerprint density at radius 1 is 1.28 bits per heavy atom. The molecular formula is C15H23NO2. The monoisotopic (exact) mass is 249 g/mol. The lowest BCUT2D eigenvalue weighted by Crippen LogP contribution is -2.17. The number of carbonyl (C=O) groups is 1. The van der Waals surface area contributed by atoms with Crippen molar-refractivity contribution in [1.82, 2.24) is 5.32 Å². The molecule has 0 aliphatic rings. The highest BCUT2D eigenvalue weighted by Crippen LogP contribution is 2.09. The third-order valence-corrected chi connectivity index (χ3v) is 3.11. The number of aryl methyl sites for hydroxylation is 1. The van der Waals surface area contributed by atoms with Crippen LogP contribution < -0.4 is 5.32 Å². The zero-order chi connectivity index (χ0) is 13.4. The zero-order valence-corrected chi connectivity index (χ0v) is 11.3. The van der Waals surface area contributed by atoms with E-state index in [4.69, 9.17) is 5.11 Å². The lowest BCUT2D eigenvalue weighted by Gasteiger charge is -2.10. The molecule has 3 nitrogen and oxygen atoms in total. The summed E-state index contributed by atoms with van der Waals surface area (Å²) >= 11 is 0. The van der Waals surface area contributed by atoms with Gasteiger partial charge in [0.15, 0.2) is 0 Å². The maximum Gasteiger partial charge on any atom is 0.303 e. The minimum absolute atomic E-state index is 0.277. The van der Waals surface area contributed by atoms with E-state index in [0.29, 0.717) is 5.92 Å². The van der Waals surface area contributed by atoms with E-state index < -0.39 is 5.97 Å². The Kier molecular flexibility index (Phi) is 6.44. The Balaban J connectivity index is 2.11. The summed E-state index contributed by atoms with van der Waals surface area (Å²) in [5.41, 5.74) is 2.57. The Labute approximate surface area is 109 Å². The Hall–Kier alpha value is -1.35. The van der Waals surface area contributed by atoms with Gasteiger partial charge in [0.1, 0.15) is 0 Å². The van der Waals surface area contributed by atoms with E-state index in [9.17, 15) is 4.79 Å². The van der Waals surface area contributed by atoms with E-state index in [2.05, 4.69) is 43.4 Å². The Morgan fingerprint density at radius 3 is 2.56 bits per heavy atom. The third-order valence-electron chi connectivity index (χ3n) is 3.11. The van der Waals surface area contributed by atoms with Crippen molar-refractivity contribution in [3.05, 3.63) is 35.4 Å². The van der Waals surface area contributed by atoms with Crippen LogP contribution >= 0.6 is 0 Å². The fraction of sp³-hybridized carbons (Fsp3) is 0.533. The fourth-order valence-corrected chi connectivity index (χ4v) is 1.80. The normalized spacial score (nSPS) is 12.3. The molecule has 0 saturated heterocycles. The second-order valence-electron chi connectivity index (χ2n) is 4.99. The first-order valence-corrected chi connectivity index (χ1v) is 6.56. The summed E-state index contributed by atoms with van der Waals surface area (Å²) in [6, 6.07) is 8.51. The van der Waals surface area contributed by atoms with Crippen molar-refractivity contribution in [2.75, 3.05) is 6.54 Å². The summed E-state index contributed by atoms with van der Waals surface area (Å²) < 4.78 is 0. The minimum atomic E-state index is -0.700. The molecule has 18 heavy (non-hydrogen) atoms. The van der Waals surface area contributed by atoms with Gasteiger partial charge in [-0.05, 0) is 37.8 Å². The number of benzene rings is 1. The van der Waals surface area contributed by atoms with Gasteiger partial charge < -0.3 is 10.4 Å². The molecule has 1 rings (SSSR count).